The van der Waals surface area contributed by atoms with Crippen LogP contribution in [0.3, 0.4) is 0 Å². The van der Waals surface area contributed by atoms with Gasteiger partial charge in [-0.25, -0.2) is 13.6 Å². The molecule has 0 amide bonds. The third-order valence-corrected chi connectivity index (χ3v) is 4.11. The van der Waals surface area contributed by atoms with Crippen LogP contribution in [0.25, 0.3) is 0 Å². The zero-order valence-corrected chi connectivity index (χ0v) is 11.4. The van der Waals surface area contributed by atoms with Crippen molar-refractivity contribution in [3.8, 4) is 0 Å². The molecule has 0 radical (unpaired) electrons. The van der Waals surface area contributed by atoms with Crippen LogP contribution in [0.5, 0.6) is 0 Å². The van der Waals surface area contributed by atoms with Crippen LogP contribution in [-0.4, -0.2) is 35.9 Å². The van der Waals surface area contributed by atoms with E-state index in [1.54, 1.807) is 7.05 Å². The largest absolute Gasteiger partial charge is 0.378 e. The van der Waals surface area contributed by atoms with E-state index in [4.69, 9.17) is 9.88 Å². The molecule has 0 aliphatic heterocycles. The van der Waals surface area contributed by atoms with Gasteiger partial charge in [0, 0.05) is 20.1 Å². The SMILES string of the molecule is CCOC1CC(Cc2nnc(S(N)(=O)=O)n2C)C1. The molecule has 1 aromatic rings. The number of ether oxygens (including phenoxy) is 1. The quantitative estimate of drug-likeness (QED) is 0.802. The van der Waals surface area contributed by atoms with Gasteiger partial charge >= 0.3 is 0 Å². The Labute approximate surface area is 106 Å². The molecule has 1 saturated carbocycles. The molecule has 102 valence electrons. The van der Waals surface area contributed by atoms with E-state index < -0.39 is 10.0 Å². The number of rotatable bonds is 5. The molecule has 2 rings (SSSR count). The Hall–Kier alpha value is -0.990. The van der Waals surface area contributed by atoms with Gasteiger partial charge in [-0.15, -0.1) is 10.2 Å². The number of primary sulfonamides is 1. The fraction of sp³-hybridized carbons (Fsp3) is 0.800. The first-order valence-electron chi connectivity index (χ1n) is 5.94. The Morgan fingerprint density at radius 1 is 1.44 bits per heavy atom. The summed E-state index contributed by atoms with van der Waals surface area (Å²) in [5, 5.41) is 12.4. The summed E-state index contributed by atoms with van der Waals surface area (Å²) in [6.07, 6.45) is 3.03. The Kier molecular flexibility index (Phi) is 3.69. The molecule has 0 aromatic carbocycles. The molecule has 0 spiro atoms. The smallest absolute Gasteiger partial charge is 0.273 e. The minimum atomic E-state index is -3.79. The average molecular weight is 274 g/mol. The highest BCUT2D eigenvalue weighted by Gasteiger charge is 2.31. The topological polar surface area (TPSA) is 100 Å². The number of aromatic nitrogens is 3. The van der Waals surface area contributed by atoms with Gasteiger partial charge in [0.2, 0.25) is 0 Å². The lowest BCUT2D eigenvalue weighted by Gasteiger charge is -2.34. The van der Waals surface area contributed by atoms with Crippen molar-refractivity contribution < 1.29 is 13.2 Å². The molecule has 0 saturated heterocycles. The van der Waals surface area contributed by atoms with Crippen LogP contribution < -0.4 is 5.14 Å². The molecule has 0 unspecified atom stereocenters. The van der Waals surface area contributed by atoms with Gasteiger partial charge in [-0.1, -0.05) is 0 Å². The number of sulfonamides is 1. The normalized spacial score (nSPS) is 23.9. The predicted octanol–water partition coefficient (Wildman–Crippen LogP) is -0.180. The first-order chi connectivity index (χ1) is 8.41. The zero-order valence-electron chi connectivity index (χ0n) is 10.5. The van der Waals surface area contributed by atoms with Crippen LogP contribution in [0.2, 0.25) is 0 Å². The highest BCUT2D eigenvalue weighted by atomic mass is 32.2. The van der Waals surface area contributed by atoms with Crippen LogP contribution in [-0.2, 0) is 28.2 Å². The van der Waals surface area contributed by atoms with Gasteiger partial charge in [-0.2, -0.15) is 0 Å². The van der Waals surface area contributed by atoms with Gasteiger partial charge in [0.25, 0.3) is 15.2 Å². The summed E-state index contributed by atoms with van der Waals surface area (Å²) in [6.45, 7) is 2.71. The van der Waals surface area contributed by atoms with Gasteiger partial charge in [-0.3, -0.25) is 0 Å². The Bertz CT molecular complexity index is 519. The summed E-state index contributed by atoms with van der Waals surface area (Å²) in [6, 6.07) is 0. The second kappa shape index (κ2) is 4.94. The second-order valence-corrected chi connectivity index (χ2v) is 6.08. The summed E-state index contributed by atoms with van der Waals surface area (Å²) >= 11 is 0. The molecular weight excluding hydrogens is 256 g/mol. The van der Waals surface area contributed by atoms with Crippen molar-refractivity contribution in [1.82, 2.24) is 14.8 Å². The molecule has 2 N–H and O–H groups in total. The van der Waals surface area contributed by atoms with Crippen LogP contribution in [0.1, 0.15) is 25.6 Å². The molecule has 8 heteroatoms. The van der Waals surface area contributed by atoms with Gasteiger partial charge in [0.1, 0.15) is 5.82 Å². The van der Waals surface area contributed by atoms with Crippen molar-refractivity contribution >= 4 is 10.0 Å². The second-order valence-electron chi connectivity index (χ2n) is 4.62. The molecule has 0 atom stereocenters. The van der Waals surface area contributed by atoms with Crippen LogP contribution in [0.15, 0.2) is 5.16 Å². The number of nitrogens with two attached hydrogens (primary N) is 1. The Morgan fingerprint density at radius 2 is 2.11 bits per heavy atom. The standard InChI is InChI=1S/C10H18N4O3S/c1-3-17-8-4-7(5-8)6-9-12-13-10(14(9)2)18(11,15)16/h7-8H,3-6H2,1-2H3,(H2,11,15,16). The van der Waals surface area contributed by atoms with E-state index in [9.17, 15) is 8.42 Å². The number of hydrogen-bond donors (Lipinski definition) is 1. The first-order valence-corrected chi connectivity index (χ1v) is 7.49. The summed E-state index contributed by atoms with van der Waals surface area (Å²) in [4.78, 5) is 0. The van der Waals surface area contributed by atoms with Crippen LogP contribution >= 0.6 is 0 Å². The van der Waals surface area contributed by atoms with Crippen LogP contribution in [0.4, 0.5) is 0 Å². The maximum Gasteiger partial charge on any atom is 0.273 e. The monoisotopic (exact) mass is 274 g/mol. The summed E-state index contributed by atoms with van der Waals surface area (Å²) < 4.78 is 29.3. The molecule has 1 aromatic heterocycles. The molecule has 1 aliphatic rings. The first kappa shape index (κ1) is 13.4. The van der Waals surface area contributed by atoms with Crippen molar-refractivity contribution in [3.05, 3.63) is 5.82 Å². The van der Waals surface area contributed by atoms with Gasteiger partial charge in [0.05, 0.1) is 6.10 Å². The highest BCUT2D eigenvalue weighted by molar-refractivity contribution is 7.89. The molecule has 7 nitrogen and oxygen atoms in total. The molecule has 0 bridgehead atoms. The van der Waals surface area contributed by atoms with Gasteiger partial charge < -0.3 is 9.30 Å². The Morgan fingerprint density at radius 3 is 2.61 bits per heavy atom. The fourth-order valence-electron chi connectivity index (χ4n) is 2.24. The average Bonchev–Trinajstić information content (AvgIpc) is 2.56. The molecule has 18 heavy (non-hydrogen) atoms. The van der Waals surface area contributed by atoms with Gasteiger partial charge in [0.15, 0.2) is 0 Å². The molecule has 1 heterocycles. The van der Waals surface area contributed by atoms with E-state index in [0.717, 1.165) is 19.4 Å². The summed E-state index contributed by atoms with van der Waals surface area (Å²) in [5.74, 6) is 1.14. The summed E-state index contributed by atoms with van der Waals surface area (Å²) in [7, 11) is -2.17. The molecule has 1 fully saturated rings. The lowest BCUT2D eigenvalue weighted by atomic mass is 9.80. The van der Waals surface area contributed by atoms with Crippen molar-refractivity contribution in [2.45, 2.75) is 37.4 Å². The van der Waals surface area contributed by atoms with E-state index in [1.807, 2.05) is 6.92 Å². The zero-order chi connectivity index (χ0) is 13.3. The van der Waals surface area contributed by atoms with E-state index >= 15 is 0 Å². The number of nitrogens with zero attached hydrogens (tertiary/aromatic N) is 3. The lowest BCUT2D eigenvalue weighted by molar-refractivity contribution is -0.0247. The lowest BCUT2D eigenvalue weighted by Crippen LogP contribution is -2.33. The minimum Gasteiger partial charge on any atom is -0.378 e. The van der Waals surface area contributed by atoms with Crippen molar-refractivity contribution in [2.75, 3.05) is 6.61 Å². The predicted molar refractivity (Wildman–Crippen MR) is 64.2 cm³/mol. The molecular formula is C10H18N4O3S. The Balaban J connectivity index is 1.98. The van der Waals surface area contributed by atoms with Crippen molar-refractivity contribution in [1.29, 1.82) is 0 Å². The maximum atomic E-state index is 11.2. The third kappa shape index (κ3) is 2.70. The van der Waals surface area contributed by atoms with E-state index in [1.165, 1.54) is 4.57 Å². The minimum absolute atomic E-state index is 0.182. The van der Waals surface area contributed by atoms with Gasteiger partial charge in [-0.05, 0) is 25.7 Å². The van der Waals surface area contributed by atoms with E-state index in [-0.39, 0.29) is 5.16 Å². The van der Waals surface area contributed by atoms with Crippen LogP contribution in [0, 0.1) is 5.92 Å². The summed E-state index contributed by atoms with van der Waals surface area (Å²) in [5.41, 5.74) is 0. The van der Waals surface area contributed by atoms with Crippen molar-refractivity contribution in [3.63, 3.8) is 0 Å². The van der Waals surface area contributed by atoms with E-state index in [0.29, 0.717) is 24.3 Å². The van der Waals surface area contributed by atoms with E-state index in [2.05, 4.69) is 10.2 Å². The number of hydrogen-bond acceptors (Lipinski definition) is 5. The third-order valence-electron chi connectivity index (χ3n) is 3.25. The molecule has 1 aliphatic carbocycles. The maximum absolute atomic E-state index is 11.2. The fourth-order valence-corrected chi connectivity index (χ4v) is 2.88. The van der Waals surface area contributed by atoms with Crippen molar-refractivity contribution in [2.24, 2.45) is 18.1 Å². The highest BCUT2D eigenvalue weighted by Crippen LogP contribution is 2.32.